The van der Waals surface area contributed by atoms with Crippen LogP contribution in [0.3, 0.4) is 0 Å². The van der Waals surface area contributed by atoms with Crippen molar-refractivity contribution in [3.05, 3.63) is 35.9 Å². The number of nitrogens with two attached hydrogens (primary N) is 1. The van der Waals surface area contributed by atoms with Crippen LogP contribution in [-0.4, -0.2) is 6.54 Å². The molecule has 0 amide bonds. The van der Waals surface area contributed by atoms with Crippen LogP contribution in [0.2, 0.25) is 0 Å². The van der Waals surface area contributed by atoms with E-state index in [2.05, 4.69) is 30.3 Å². The fourth-order valence-corrected chi connectivity index (χ4v) is 3.95. The maximum atomic E-state index is 5.52. The number of hydrogen-bond acceptors (Lipinski definition) is 1. The van der Waals surface area contributed by atoms with Crippen molar-refractivity contribution in [2.45, 2.75) is 122 Å². The summed E-state index contributed by atoms with van der Waals surface area (Å²) < 4.78 is 0. The Morgan fingerprint density at radius 3 is 1.11 bits per heavy atom. The van der Waals surface area contributed by atoms with Gasteiger partial charge < -0.3 is 5.73 Å². The molecule has 1 aromatic carbocycles. The maximum Gasteiger partial charge on any atom is -0.00773 e. The number of rotatable bonds is 20. The van der Waals surface area contributed by atoms with Crippen LogP contribution >= 0.6 is 0 Å². The first-order valence-corrected chi connectivity index (χ1v) is 12.2. The smallest absolute Gasteiger partial charge is 0.00773 e. The van der Waals surface area contributed by atoms with E-state index in [9.17, 15) is 0 Å². The van der Waals surface area contributed by atoms with Gasteiger partial charge in [-0.05, 0) is 31.4 Å². The summed E-state index contributed by atoms with van der Waals surface area (Å²) >= 11 is 0. The largest absolute Gasteiger partial charge is 0.330 e. The van der Waals surface area contributed by atoms with E-state index in [-0.39, 0.29) is 0 Å². The Balaban J connectivity index is 1.67. The van der Waals surface area contributed by atoms with Gasteiger partial charge in [0.25, 0.3) is 0 Å². The second-order valence-corrected chi connectivity index (χ2v) is 8.39. The molecule has 0 aliphatic carbocycles. The second-order valence-electron chi connectivity index (χ2n) is 8.39. The van der Waals surface area contributed by atoms with Gasteiger partial charge in [0.2, 0.25) is 0 Å². The Bertz CT molecular complexity index is 386. The first-order valence-electron chi connectivity index (χ1n) is 12.2. The highest BCUT2D eigenvalue weighted by Gasteiger charge is 1.96. The van der Waals surface area contributed by atoms with Crippen molar-refractivity contribution >= 4 is 0 Å². The zero-order valence-electron chi connectivity index (χ0n) is 18.1. The van der Waals surface area contributed by atoms with Crippen LogP contribution in [0.4, 0.5) is 0 Å². The van der Waals surface area contributed by atoms with Crippen molar-refractivity contribution in [2.24, 2.45) is 5.73 Å². The van der Waals surface area contributed by atoms with Crippen molar-refractivity contribution in [1.29, 1.82) is 0 Å². The zero-order valence-corrected chi connectivity index (χ0v) is 18.1. The number of aryl methyl sites for hydroxylation is 1. The average Bonchev–Trinajstić information content (AvgIpc) is 2.70. The van der Waals surface area contributed by atoms with E-state index in [1.54, 1.807) is 0 Å². The fraction of sp³-hybridized carbons (Fsp3) is 0.769. The van der Waals surface area contributed by atoms with Gasteiger partial charge in [0.05, 0.1) is 0 Å². The van der Waals surface area contributed by atoms with Gasteiger partial charge >= 0.3 is 0 Å². The van der Waals surface area contributed by atoms with E-state index in [1.165, 1.54) is 128 Å². The molecule has 0 aromatic heterocycles. The zero-order chi connectivity index (χ0) is 19.3. The predicted molar refractivity (Wildman–Crippen MR) is 122 cm³/mol. The molecule has 0 atom stereocenters. The summed E-state index contributed by atoms with van der Waals surface area (Å²) in [5.74, 6) is 0. The summed E-state index contributed by atoms with van der Waals surface area (Å²) in [7, 11) is 0. The molecule has 0 aliphatic heterocycles. The van der Waals surface area contributed by atoms with E-state index < -0.39 is 0 Å². The van der Waals surface area contributed by atoms with Crippen LogP contribution < -0.4 is 5.73 Å². The molecule has 1 aromatic rings. The van der Waals surface area contributed by atoms with Crippen molar-refractivity contribution in [3.8, 4) is 0 Å². The highest BCUT2D eigenvalue weighted by molar-refractivity contribution is 5.14. The molecule has 0 unspecified atom stereocenters. The predicted octanol–water partition coefficient (Wildman–Crippen LogP) is 8.21. The van der Waals surface area contributed by atoms with Gasteiger partial charge in [0.1, 0.15) is 0 Å². The molecule has 0 fully saturated rings. The molecule has 156 valence electrons. The minimum Gasteiger partial charge on any atom is -0.330 e. The third-order valence-electron chi connectivity index (χ3n) is 5.76. The topological polar surface area (TPSA) is 26.0 Å². The maximum absolute atomic E-state index is 5.52. The third kappa shape index (κ3) is 17.0. The summed E-state index contributed by atoms with van der Waals surface area (Å²) in [6, 6.07) is 10.9. The van der Waals surface area contributed by atoms with Crippen molar-refractivity contribution in [2.75, 3.05) is 6.54 Å². The number of hydrogen-bond donors (Lipinski definition) is 1. The van der Waals surface area contributed by atoms with Gasteiger partial charge in [-0.1, -0.05) is 133 Å². The lowest BCUT2D eigenvalue weighted by atomic mass is 10.0. The van der Waals surface area contributed by atoms with Gasteiger partial charge in [-0.15, -0.1) is 0 Å². The molecule has 1 rings (SSSR count). The highest BCUT2D eigenvalue weighted by atomic mass is 14.5. The molecule has 0 radical (unpaired) electrons. The molecule has 2 N–H and O–H groups in total. The van der Waals surface area contributed by atoms with Crippen LogP contribution in [0.25, 0.3) is 0 Å². The number of unbranched alkanes of at least 4 members (excludes halogenated alkanes) is 17. The highest BCUT2D eigenvalue weighted by Crippen LogP contribution is 2.14. The van der Waals surface area contributed by atoms with E-state index in [0.29, 0.717) is 0 Å². The van der Waals surface area contributed by atoms with Crippen molar-refractivity contribution < 1.29 is 0 Å². The van der Waals surface area contributed by atoms with E-state index in [0.717, 1.165) is 6.54 Å². The molecule has 0 heterocycles. The van der Waals surface area contributed by atoms with Gasteiger partial charge in [0.15, 0.2) is 0 Å². The Kier molecular flexibility index (Phi) is 17.9. The molecule has 0 saturated carbocycles. The summed E-state index contributed by atoms with van der Waals surface area (Å²) in [4.78, 5) is 0. The lowest BCUT2D eigenvalue weighted by Gasteiger charge is -2.04. The monoisotopic (exact) mass is 373 g/mol. The Labute approximate surface area is 170 Å². The molecule has 0 bridgehead atoms. The molecule has 0 saturated heterocycles. The second kappa shape index (κ2) is 19.9. The van der Waals surface area contributed by atoms with Crippen LogP contribution in [0.15, 0.2) is 30.3 Å². The van der Waals surface area contributed by atoms with E-state index in [4.69, 9.17) is 5.73 Å². The third-order valence-corrected chi connectivity index (χ3v) is 5.76. The van der Waals surface area contributed by atoms with E-state index >= 15 is 0 Å². The van der Waals surface area contributed by atoms with Crippen LogP contribution in [0, 0.1) is 0 Å². The molecular weight excluding hydrogens is 326 g/mol. The minimum absolute atomic E-state index is 0.870. The van der Waals surface area contributed by atoms with Crippen LogP contribution in [0.5, 0.6) is 0 Å². The average molecular weight is 374 g/mol. The lowest BCUT2D eigenvalue weighted by Crippen LogP contribution is -1.97. The fourth-order valence-electron chi connectivity index (χ4n) is 3.95. The normalized spacial score (nSPS) is 11.1. The number of benzene rings is 1. The molecule has 1 heteroatoms. The Morgan fingerprint density at radius 2 is 0.741 bits per heavy atom. The van der Waals surface area contributed by atoms with Crippen LogP contribution in [-0.2, 0) is 6.42 Å². The summed E-state index contributed by atoms with van der Waals surface area (Å²) in [5.41, 5.74) is 7.02. The molecule has 0 spiro atoms. The van der Waals surface area contributed by atoms with Gasteiger partial charge in [0, 0.05) is 0 Å². The van der Waals surface area contributed by atoms with Crippen LogP contribution in [0.1, 0.15) is 121 Å². The minimum atomic E-state index is 0.870. The quantitative estimate of drug-likeness (QED) is 0.229. The summed E-state index contributed by atoms with van der Waals surface area (Å²) in [6.45, 7) is 0.870. The first-order chi connectivity index (χ1) is 13.4. The standard InChI is InChI=1S/C26H47N/c27-25-21-16-14-12-10-8-6-4-2-1-3-5-7-9-11-13-15-18-22-26-23-19-17-20-24-26/h17,19-20,23-24H,1-16,18,21-22,25,27H2. The first kappa shape index (κ1) is 24.2. The summed E-state index contributed by atoms with van der Waals surface area (Å²) in [5, 5.41) is 0. The Morgan fingerprint density at radius 1 is 0.407 bits per heavy atom. The van der Waals surface area contributed by atoms with Crippen molar-refractivity contribution in [3.63, 3.8) is 0 Å². The Hall–Kier alpha value is -0.820. The van der Waals surface area contributed by atoms with Crippen molar-refractivity contribution in [1.82, 2.24) is 0 Å². The van der Waals surface area contributed by atoms with Gasteiger partial charge in [-0.2, -0.15) is 0 Å². The molecule has 1 nitrogen and oxygen atoms in total. The molecule has 0 aliphatic rings. The van der Waals surface area contributed by atoms with Gasteiger partial charge in [-0.3, -0.25) is 0 Å². The lowest BCUT2D eigenvalue weighted by molar-refractivity contribution is 0.524. The SMILES string of the molecule is NCCCCCCCCCCCCCCCCCCCCc1ccccc1. The molecular formula is C26H47N. The molecule has 27 heavy (non-hydrogen) atoms. The summed E-state index contributed by atoms with van der Waals surface area (Å²) in [6.07, 6.45) is 26.9. The van der Waals surface area contributed by atoms with E-state index in [1.807, 2.05) is 0 Å². The van der Waals surface area contributed by atoms with Gasteiger partial charge in [-0.25, -0.2) is 0 Å².